The van der Waals surface area contributed by atoms with Crippen LogP contribution in [0.2, 0.25) is 0 Å². The van der Waals surface area contributed by atoms with Gasteiger partial charge in [0.1, 0.15) is 5.84 Å². The highest BCUT2D eigenvalue weighted by Gasteiger charge is 2.20. The number of amidine groups is 1. The summed E-state index contributed by atoms with van der Waals surface area (Å²) in [7, 11) is 0. The fourth-order valence-corrected chi connectivity index (χ4v) is 1.76. The number of aliphatic hydroxyl groups is 1. The summed E-state index contributed by atoms with van der Waals surface area (Å²) < 4.78 is 0. The summed E-state index contributed by atoms with van der Waals surface area (Å²) in [5.41, 5.74) is 5.49. The predicted octanol–water partition coefficient (Wildman–Crippen LogP) is 0.604. The number of oxime groups is 1. The van der Waals surface area contributed by atoms with Crippen molar-refractivity contribution in [1.82, 2.24) is 4.90 Å². The van der Waals surface area contributed by atoms with Crippen molar-refractivity contribution in [2.45, 2.75) is 45.7 Å². The van der Waals surface area contributed by atoms with Gasteiger partial charge in [-0.05, 0) is 20.3 Å². The molecule has 0 rings (SSSR count). The van der Waals surface area contributed by atoms with Crippen LogP contribution in [0.25, 0.3) is 0 Å². The Bertz CT molecular complexity index is 195. The molecular formula is C10H23N3O2. The largest absolute Gasteiger partial charge is 0.409 e. The van der Waals surface area contributed by atoms with Crippen molar-refractivity contribution in [1.29, 1.82) is 0 Å². The number of hydrogen-bond donors (Lipinski definition) is 3. The molecule has 0 aliphatic heterocycles. The van der Waals surface area contributed by atoms with Crippen LogP contribution in [0.1, 0.15) is 33.6 Å². The van der Waals surface area contributed by atoms with E-state index in [1.54, 1.807) is 0 Å². The van der Waals surface area contributed by atoms with Crippen LogP contribution in [-0.2, 0) is 0 Å². The zero-order valence-electron chi connectivity index (χ0n) is 9.85. The zero-order chi connectivity index (χ0) is 11.8. The van der Waals surface area contributed by atoms with E-state index in [-0.39, 0.29) is 18.5 Å². The number of rotatable bonds is 7. The Labute approximate surface area is 91.6 Å². The summed E-state index contributed by atoms with van der Waals surface area (Å²) in [6.45, 7) is 6.96. The minimum atomic E-state index is 0.130. The second-order valence-corrected chi connectivity index (χ2v) is 3.91. The topological polar surface area (TPSA) is 82.1 Å². The summed E-state index contributed by atoms with van der Waals surface area (Å²) in [5.74, 6) is 0.241. The minimum Gasteiger partial charge on any atom is -0.409 e. The molecule has 0 aromatic carbocycles. The van der Waals surface area contributed by atoms with Gasteiger partial charge in [-0.15, -0.1) is 0 Å². The van der Waals surface area contributed by atoms with Gasteiger partial charge in [-0.25, -0.2) is 0 Å². The van der Waals surface area contributed by atoms with Crippen LogP contribution in [0.15, 0.2) is 5.16 Å². The second kappa shape index (κ2) is 7.48. The van der Waals surface area contributed by atoms with Gasteiger partial charge in [0, 0.05) is 25.0 Å². The van der Waals surface area contributed by atoms with Crippen LogP contribution >= 0.6 is 0 Å². The average Bonchev–Trinajstić information content (AvgIpc) is 2.22. The first-order valence-electron chi connectivity index (χ1n) is 5.39. The Morgan fingerprint density at radius 2 is 2.07 bits per heavy atom. The normalized spacial score (nSPS) is 14.9. The number of nitrogens with zero attached hydrogens (tertiary/aromatic N) is 2. The average molecular weight is 217 g/mol. The van der Waals surface area contributed by atoms with Gasteiger partial charge in [0.05, 0.1) is 6.61 Å². The smallest absolute Gasteiger partial charge is 0.140 e. The SMILES string of the molecule is CCC(CC(N)=NO)N(CCO)C(C)C. The van der Waals surface area contributed by atoms with E-state index in [0.29, 0.717) is 19.0 Å². The van der Waals surface area contributed by atoms with Crippen molar-refractivity contribution >= 4 is 5.84 Å². The molecule has 0 aliphatic carbocycles. The van der Waals surface area contributed by atoms with Gasteiger partial charge in [-0.2, -0.15) is 0 Å². The Balaban J connectivity index is 4.44. The second-order valence-electron chi connectivity index (χ2n) is 3.91. The van der Waals surface area contributed by atoms with E-state index in [0.717, 1.165) is 6.42 Å². The van der Waals surface area contributed by atoms with Crippen LogP contribution in [0.3, 0.4) is 0 Å². The van der Waals surface area contributed by atoms with E-state index in [2.05, 4.69) is 30.8 Å². The molecule has 0 saturated heterocycles. The molecule has 0 heterocycles. The van der Waals surface area contributed by atoms with Gasteiger partial charge < -0.3 is 16.0 Å². The highest BCUT2D eigenvalue weighted by molar-refractivity contribution is 5.80. The number of aliphatic hydroxyl groups excluding tert-OH is 1. The fraction of sp³-hybridized carbons (Fsp3) is 0.900. The molecule has 1 unspecified atom stereocenters. The Hall–Kier alpha value is -0.810. The van der Waals surface area contributed by atoms with Crippen molar-refractivity contribution in [2.75, 3.05) is 13.2 Å². The number of hydrogen-bond acceptors (Lipinski definition) is 4. The summed E-state index contributed by atoms with van der Waals surface area (Å²) in [5, 5.41) is 20.5. The molecule has 4 N–H and O–H groups in total. The summed E-state index contributed by atoms with van der Waals surface area (Å²) in [4.78, 5) is 2.16. The summed E-state index contributed by atoms with van der Waals surface area (Å²) in [6, 6.07) is 0.557. The molecule has 1 atom stereocenters. The third kappa shape index (κ3) is 4.99. The lowest BCUT2D eigenvalue weighted by molar-refractivity contribution is 0.117. The molecule has 0 saturated carbocycles. The van der Waals surface area contributed by atoms with Crippen LogP contribution in [0, 0.1) is 0 Å². The lowest BCUT2D eigenvalue weighted by Gasteiger charge is -2.33. The standard InChI is InChI=1S/C10H23N3O2/c1-4-9(7-10(11)12-15)13(5-6-14)8(2)3/h8-9,14-15H,4-7H2,1-3H3,(H2,11,12). The maximum Gasteiger partial charge on any atom is 0.140 e. The lowest BCUT2D eigenvalue weighted by atomic mass is 10.1. The van der Waals surface area contributed by atoms with E-state index < -0.39 is 0 Å². The molecule has 15 heavy (non-hydrogen) atoms. The molecular weight excluding hydrogens is 194 g/mol. The molecule has 0 fully saturated rings. The van der Waals surface area contributed by atoms with Gasteiger partial charge in [-0.3, -0.25) is 4.90 Å². The molecule has 0 aromatic heterocycles. The molecule has 5 heteroatoms. The van der Waals surface area contributed by atoms with E-state index in [1.807, 2.05) is 0 Å². The molecule has 0 bridgehead atoms. The third-order valence-electron chi connectivity index (χ3n) is 2.53. The van der Waals surface area contributed by atoms with Gasteiger partial charge in [0.2, 0.25) is 0 Å². The highest BCUT2D eigenvalue weighted by Crippen LogP contribution is 2.12. The zero-order valence-corrected chi connectivity index (χ0v) is 9.85. The van der Waals surface area contributed by atoms with Gasteiger partial charge in [-0.1, -0.05) is 12.1 Å². The van der Waals surface area contributed by atoms with E-state index >= 15 is 0 Å². The lowest BCUT2D eigenvalue weighted by Crippen LogP contribution is -2.43. The van der Waals surface area contributed by atoms with Gasteiger partial charge >= 0.3 is 0 Å². The first-order chi connectivity index (χ1) is 7.06. The molecule has 90 valence electrons. The maximum atomic E-state index is 8.97. The summed E-state index contributed by atoms with van der Waals surface area (Å²) >= 11 is 0. The monoisotopic (exact) mass is 217 g/mol. The molecule has 0 radical (unpaired) electrons. The Morgan fingerprint density at radius 3 is 2.40 bits per heavy atom. The van der Waals surface area contributed by atoms with Crippen molar-refractivity contribution < 1.29 is 10.3 Å². The van der Waals surface area contributed by atoms with Crippen molar-refractivity contribution in [3.05, 3.63) is 0 Å². The molecule has 5 nitrogen and oxygen atoms in total. The Kier molecular flexibility index (Phi) is 7.07. The van der Waals surface area contributed by atoms with Crippen LogP contribution < -0.4 is 5.73 Å². The van der Waals surface area contributed by atoms with Crippen molar-refractivity contribution in [2.24, 2.45) is 10.9 Å². The maximum absolute atomic E-state index is 8.97. The van der Waals surface area contributed by atoms with Crippen LogP contribution in [-0.4, -0.2) is 46.3 Å². The fourth-order valence-electron chi connectivity index (χ4n) is 1.76. The summed E-state index contributed by atoms with van der Waals surface area (Å²) in [6.07, 6.45) is 1.44. The van der Waals surface area contributed by atoms with Crippen LogP contribution in [0.5, 0.6) is 0 Å². The van der Waals surface area contributed by atoms with E-state index in [9.17, 15) is 0 Å². The van der Waals surface area contributed by atoms with E-state index in [1.165, 1.54) is 0 Å². The molecule has 0 aromatic rings. The predicted molar refractivity (Wildman–Crippen MR) is 61.0 cm³/mol. The van der Waals surface area contributed by atoms with Crippen LogP contribution in [0.4, 0.5) is 0 Å². The van der Waals surface area contributed by atoms with Crippen molar-refractivity contribution in [3.63, 3.8) is 0 Å². The van der Waals surface area contributed by atoms with Gasteiger partial charge in [0.15, 0.2) is 0 Å². The molecule has 0 amide bonds. The van der Waals surface area contributed by atoms with E-state index in [4.69, 9.17) is 16.0 Å². The minimum absolute atomic E-state index is 0.130. The quantitative estimate of drug-likeness (QED) is 0.252. The molecule has 0 spiro atoms. The first-order valence-corrected chi connectivity index (χ1v) is 5.39. The van der Waals surface area contributed by atoms with Crippen molar-refractivity contribution in [3.8, 4) is 0 Å². The third-order valence-corrected chi connectivity index (χ3v) is 2.53. The molecule has 0 aliphatic rings. The number of nitrogens with two attached hydrogens (primary N) is 1. The highest BCUT2D eigenvalue weighted by atomic mass is 16.4. The first kappa shape index (κ1) is 14.2. The Morgan fingerprint density at radius 1 is 1.47 bits per heavy atom. The van der Waals surface area contributed by atoms with Gasteiger partial charge in [0.25, 0.3) is 0 Å².